The van der Waals surface area contributed by atoms with Crippen molar-refractivity contribution in [3.8, 4) is 0 Å². The number of hydrogen-bond acceptors (Lipinski definition) is 6. The lowest BCUT2D eigenvalue weighted by Crippen LogP contribution is -2.48. The van der Waals surface area contributed by atoms with Gasteiger partial charge in [-0.15, -0.1) is 0 Å². The molecular formula is C23H30N4O4S. The number of amides is 1. The van der Waals surface area contributed by atoms with Crippen molar-refractivity contribution in [2.45, 2.75) is 24.8 Å². The van der Waals surface area contributed by atoms with Gasteiger partial charge in [0.25, 0.3) is 5.91 Å². The maximum atomic E-state index is 13.3. The Labute approximate surface area is 189 Å². The van der Waals surface area contributed by atoms with Gasteiger partial charge in [-0.3, -0.25) is 14.7 Å². The van der Waals surface area contributed by atoms with Crippen LogP contribution in [0.1, 0.15) is 28.4 Å². The van der Waals surface area contributed by atoms with Crippen LogP contribution in [-0.2, 0) is 27.7 Å². The summed E-state index contributed by atoms with van der Waals surface area (Å²) < 4.78 is 33.3. The highest BCUT2D eigenvalue weighted by Crippen LogP contribution is 2.24. The van der Waals surface area contributed by atoms with Crippen LogP contribution in [0.15, 0.2) is 47.6 Å². The molecule has 1 aromatic carbocycles. The first-order valence-corrected chi connectivity index (χ1v) is 12.5. The first-order chi connectivity index (χ1) is 15.5. The Morgan fingerprint density at radius 2 is 1.81 bits per heavy atom. The van der Waals surface area contributed by atoms with Crippen molar-refractivity contribution in [1.29, 1.82) is 0 Å². The third-order valence-corrected chi connectivity index (χ3v) is 8.05. The van der Waals surface area contributed by atoms with Gasteiger partial charge in [-0.05, 0) is 35.7 Å². The molecule has 172 valence electrons. The van der Waals surface area contributed by atoms with Gasteiger partial charge in [0.05, 0.1) is 18.1 Å². The average Bonchev–Trinajstić information content (AvgIpc) is 2.85. The predicted octanol–water partition coefficient (Wildman–Crippen LogP) is 1.62. The minimum atomic E-state index is -3.67. The van der Waals surface area contributed by atoms with Gasteiger partial charge in [0, 0.05) is 63.8 Å². The van der Waals surface area contributed by atoms with Crippen LogP contribution >= 0.6 is 0 Å². The summed E-state index contributed by atoms with van der Waals surface area (Å²) in [5, 5.41) is 0. The second-order valence-electron chi connectivity index (χ2n) is 8.12. The summed E-state index contributed by atoms with van der Waals surface area (Å²) in [6, 6.07) is 9.07. The molecule has 0 unspecified atom stereocenters. The van der Waals surface area contributed by atoms with E-state index in [4.69, 9.17) is 4.74 Å². The van der Waals surface area contributed by atoms with Gasteiger partial charge in [0.2, 0.25) is 10.0 Å². The number of rotatable bonds is 6. The van der Waals surface area contributed by atoms with E-state index < -0.39 is 10.0 Å². The molecule has 0 N–H and O–H groups in total. The largest absolute Gasteiger partial charge is 0.379 e. The van der Waals surface area contributed by atoms with Gasteiger partial charge in [-0.2, -0.15) is 4.31 Å². The fourth-order valence-electron chi connectivity index (χ4n) is 4.19. The first kappa shape index (κ1) is 22.8. The number of nitrogens with zero attached hydrogens (tertiary/aromatic N) is 4. The molecule has 2 saturated heterocycles. The van der Waals surface area contributed by atoms with Crippen LogP contribution in [0.3, 0.4) is 0 Å². The predicted molar refractivity (Wildman–Crippen MR) is 121 cm³/mol. The smallest absolute Gasteiger partial charge is 0.253 e. The Morgan fingerprint density at radius 3 is 2.47 bits per heavy atom. The average molecular weight is 459 g/mol. The van der Waals surface area contributed by atoms with Gasteiger partial charge in [0.1, 0.15) is 0 Å². The molecule has 1 aromatic heterocycles. The van der Waals surface area contributed by atoms with E-state index in [-0.39, 0.29) is 10.8 Å². The van der Waals surface area contributed by atoms with E-state index in [1.165, 1.54) is 4.31 Å². The summed E-state index contributed by atoms with van der Waals surface area (Å²) in [7, 11) is -3.67. The normalized spacial score (nSPS) is 18.6. The van der Waals surface area contributed by atoms with Crippen molar-refractivity contribution in [1.82, 2.24) is 19.1 Å². The van der Waals surface area contributed by atoms with E-state index in [0.29, 0.717) is 51.4 Å². The van der Waals surface area contributed by atoms with E-state index in [1.807, 2.05) is 24.1 Å². The first-order valence-electron chi connectivity index (χ1n) is 11.1. The molecule has 3 heterocycles. The van der Waals surface area contributed by atoms with Crippen LogP contribution in [0.4, 0.5) is 0 Å². The molecule has 0 bridgehead atoms. The number of sulfonamides is 1. The van der Waals surface area contributed by atoms with Crippen molar-refractivity contribution in [2.24, 2.45) is 0 Å². The molecule has 32 heavy (non-hydrogen) atoms. The molecule has 1 amide bonds. The van der Waals surface area contributed by atoms with Crippen molar-refractivity contribution >= 4 is 15.9 Å². The summed E-state index contributed by atoms with van der Waals surface area (Å²) in [5.41, 5.74) is 2.31. The number of aryl methyl sites for hydroxylation is 1. The Hall–Kier alpha value is -2.33. The molecule has 0 spiro atoms. The van der Waals surface area contributed by atoms with Crippen molar-refractivity contribution in [3.63, 3.8) is 0 Å². The Balaban J connectivity index is 1.47. The molecule has 8 nitrogen and oxygen atoms in total. The topological polar surface area (TPSA) is 83.1 Å². The number of carbonyl (C=O) groups excluding carboxylic acids is 1. The van der Waals surface area contributed by atoms with E-state index in [9.17, 15) is 13.2 Å². The highest BCUT2D eigenvalue weighted by Gasteiger charge is 2.30. The summed E-state index contributed by atoms with van der Waals surface area (Å²) in [5.74, 6) is -0.118. The Morgan fingerprint density at radius 1 is 1.06 bits per heavy atom. The standard InChI is InChI=1S/C23H30N4O4S/c1-2-20-5-6-21(16-22(20)32(29,30)27-12-14-31-15-13-27)23(28)26-10-8-25(9-11-26)18-19-4-3-7-24-17-19/h3-7,16-17H,2,8-15,18H2,1H3. The maximum Gasteiger partial charge on any atom is 0.253 e. The summed E-state index contributed by atoms with van der Waals surface area (Å²) in [6.07, 6.45) is 4.21. The fourth-order valence-corrected chi connectivity index (χ4v) is 5.91. The van der Waals surface area contributed by atoms with Crippen LogP contribution in [0.25, 0.3) is 0 Å². The second kappa shape index (κ2) is 10.1. The number of carbonyl (C=O) groups is 1. The number of hydrogen-bond donors (Lipinski definition) is 0. The number of ether oxygens (including phenoxy) is 1. The van der Waals surface area contributed by atoms with Gasteiger partial charge in [0.15, 0.2) is 0 Å². The molecule has 0 saturated carbocycles. The molecule has 9 heteroatoms. The number of pyridine rings is 1. The van der Waals surface area contributed by atoms with Crippen molar-refractivity contribution in [2.75, 3.05) is 52.5 Å². The zero-order valence-electron chi connectivity index (χ0n) is 18.4. The molecule has 0 atom stereocenters. The molecule has 4 rings (SSSR count). The lowest BCUT2D eigenvalue weighted by atomic mass is 10.1. The zero-order chi connectivity index (χ0) is 22.6. The van der Waals surface area contributed by atoms with E-state index >= 15 is 0 Å². The molecule has 2 fully saturated rings. The second-order valence-corrected chi connectivity index (χ2v) is 10.0. The zero-order valence-corrected chi connectivity index (χ0v) is 19.3. The van der Waals surface area contributed by atoms with E-state index in [0.717, 1.165) is 30.8 Å². The molecule has 0 aliphatic carbocycles. The lowest BCUT2D eigenvalue weighted by molar-refractivity contribution is 0.0628. The third kappa shape index (κ3) is 5.01. The van der Waals surface area contributed by atoms with Gasteiger partial charge in [-0.25, -0.2) is 8.42 Å². The number of piperazine rings is 1. The Kier molecular flexibility index (Phi) is 7.20. The molecule has 2 aliphatic rings. The molecule has 0 radical (unpaired) electrons. The molecule has 2 aliphatic heterocycles. The molecular weight excluding hydrogens is 428 g/mol. The van der Waals surface area contributed by atoms with E-state index in [2.05, 4.69) is 16.0 Å². The minimum Gasteiger partial charge on any atom is -0.379 e. The van der Waals surface area contributed by atoms with Gasteiger partial charge >= 0.3 is 0 Å². The SMILES string of the molecule is CCc1ccc(C(=O)N2CCN(Cc3cccnc3)CC2)cc1S(=O)(=O)N1CCOCC1. The van der Waals surface area contributed by atoms with Gasteiger partial charge in [-0.1, -0.05) is 19.1 Å². The van der Waals surface area contributed by atoms with Crippen LogP contribution in [-0.4, -0.2) is 85.9 Å². The third-order valence-electron chi connectivity index (χ3n) is 6.07. The number of aromatic nitrogens is 1. The quantitative estimate of drug-likeness (QED) is 0.654. The minimum absolute atomic E-state index is 0.118. The monoisotopic (exact) mass is 458 g/mol. The highest BCUT2D eigenvalue weighted by atomic mass is 32.2. The molecule has 2 aromatic rings. The number of benzene rings is 1. The maximum absolute atomic E-state index is 13.3. The number of morpholine rings is 1. The summed E-state index contributed by atoms with van der Waals surface area (Å²) >= 11 is 0. The summed E-state index contributed by atoms with van der Waals surface area (Å²) in [4.78, 5) is 21.7. The van der Waals surface area contributed by atoms with Gasteiger partial charge < -0.3 is 9.64 Å². The Bertz CT molecular complexity index is 1030. The fraction of sp³-hybridized carbons (Fsp3) is 0.478. The van der Waals surface area contributed by atoms with Crippen LogP contribution in [0.2, 0.25) is 0 Å². The lowest BCUT2D eigenvalue weighted by Gasteiger charge is -2.35. The van der Waals surface area contributed by atoms with Crippen LogP contribution in [0.5, 0.6) is 0 Å². The van der Waals surface area contributed by atoms with E-state index in [1.54, 1.807) is 24.4 Å². The van der Waals surface area contributed by atoms with Crippen molar-refractivity contribution < 1.29 is 17.9 Å². The van der Waals surface area contributed by atoms with Crippen molar-refractivity contribution in [3.05, 3.63) is 59.4 Å². The summed E-state index contributed by atoms with van der Waals surface area (Å²) in [6.45, 7) is 6.95. The van der Waals surface area contributed by atoms with Crippen LogP contribution < -0.4 is 0 Å². The highest BCUT2D eigenvalue weighted by molar-refractivity contribution is 7.89. The van der Waals surface area contributed by atoms with Crippen LogP contribution in [0, 0.1) is 0 Å².